The van der Waals surface area contributed by atoms with Crippen LogP contribution in [-0.4, -0.2) is 0 Å². The van der Waals surface area contributed by atoms with Gasteiger partial charge < -0.3 is 21.3 Å². The van der Waals surface area contributed by atoms with Gasteiger partial charge in [0, 0.05) is 5.92 Å². The molecule has 1 radical (unpaired) electrons. The van der Waals surface area contributed by atoms with Crippen molar-refractivity contribution in [2.24, 2.45) is 28.6 Å². The van der Waals surface area contributed by atoms with E-state index in [2.05, 4.69) is 76.6 Å². The summed E-state index contributed by atoms with van der Waals surface area (Å²) >= 11 is 0. The Labute approximate surface area is 188 Å². The van der Waals surface area contributed by atoms with Crippen LogP contribution in [0.3, 0.4) is 0 Å². The summed E-state index contributed by atoms with van der Waals surface area (Å²) in [5, 5.41) is 0. The van der Waals surface area contributed by atoms with Crippen LogP contribution in [0.25, 0.3) is 0 Å². The van der Waals surface area contributed by atoms with E-state index in [1.54, 1.807) is 16.7 Å². The Kier molecular flexibility index (Phi) is 8.15. The van der Waals surface area contributed by atoms with E-state index in [0.29, 0.717) is 5.92 Å². The molecule has 0 N–H and O–H groups in total. The Morgan fingerprint density at radius 1 is 1.07 bits per heavy atom. The molecule has 4 atom stereocenters. The maximum atomic E-state index is 2.63. The van der Waals surface area contributed by atoms with Gasteiger partial charge in [-0.05, 0) is 43.1 Å². The zero-order valence-corrected chi connectivity index (χ0v) is 20.6. The van der Waals surface area contributed by atoms with Crippen LogP contribution in [-0.2, 0) is 26.2 Å². The molecule has 0 aromatic heterocycles. The van der Waals surface area contributed by atoms with Crippen LogP contribution in [0.4, 0.5) is 0 Å². The first-order valence-electron chi connectivity index (χ1n) is 9.70. The number of hydrogen-bond acceptors (Lipinski definition) is 0. The zero-order chi connectivity index (χ0) is 16.9. The molecule has 0 saturated heterocycles. The van der Waals surface area contributed by atoms with Crippen molar-refractivity contribution in [3.63, 3.8) is 0 Å². The van der Waals surface area contributed by atoms with E-state index in [0.717, 1.165) is 18.3 Å². The molecule has 4 rings (SSSR count). The molecular formula is C26H37Zr. The van der Waals surface area contributed by atoms with Crippen LogP contribution in [0.1, 0.15) is 53.4 Å². The van der Waals surface area contributed by atoms with Gasteiger partial charge in [-0.15, -0.1) is 0 Å². The van der Waals surface area contributed by atoms with Gasteiger partial charge in [-0.2, -0.15) is 12.3 Å². The van der Waals surface area contributed by atoms with Crippen LogP contribution >= 0.6 is 0 Å². The third kappa shape index (κ3) is 3.88. The summed E-state index contributed by atoms with van der Waals surface area (Å²) < 4.78 is 0. The molecule has 4 aliphatic carbocycles. The van der Waals surface area contributed by atoms with Crippen molar-refractivity contribution in [1.29, 1.82) is 0 Å². The predicted octanol–water partition coefficient (Wildman–Crippen LogP) is 7.50. The molecule has 0 heterocycles. The standard InChI is InChI=1S/C24H31.2CH3.Zr/c1-17-16-19-8-7-11-22(19)24(4,18(17)2)21-12-14-23(3,15-13-21)20-9-5-6-10-20;;;/h5-6,9-14,19-20,22H,7-8,15-16H2,1-4H3;2*1H3;/q3*-1;+3. The first kappa shape index (κ1) is 24.6. The monoisotopic (exact) mass is 439 g/mol. The maximum Gasteiger partial charge on any atom is 3.00 e. The van der Waals surface area contributed by atoms with E-state index >= 15 is 0 Å². The van der Waals surface area contributed by atoms with Crippen molar-refractivity contribution in [2.75, 3.05) is 0 Å². The van der Waals surface area contributed by atoms with Crippen LogP contribution in [0.2, 0.25) is 0 Å². The van der Waals surface area contributed by atoms with Crippen molar-refractivity contribution in [2.45, 2.75) is 53.4 Å². The normalized spacial score (nSPS) is 37.3. The zero-order valence-electron chi connectivity index (χ0n) is 18.2. The summed E-state index contributed by atoms with van der Waals surface area (Å²) in [7, 11) is 0. The average molecular weight is 441 g/mol. The molecule has 0 spiro atoms. The Balaban J connectivity index is 0.00000121. The summed E-state index contributed by atoms with van der Waals surface area (Å²) in [5.41, 5.74) is 5.28. The fraction of sp³-hybridized carbons (Fsp3) is 0.500. The smallest absolute Gasteiger partial charge is 0.358 e. The second-order valence-corrected chi connectivity index (χ2v) is 8.91. The first-order valence-corrected chi connectivity index (χ1v) is 9.70. The second-order valence-electron chi connectivity index (χ2n) is 8.91. The van der Waals surface area contributed by atoms with Crippen LogP contribution < -0.4 is 0 Å². The molecule has 4 aliphatic rings. The van der Waals surface area contributed by atoms with Gasteiger partial charge in [0.25, 0.3) is 0 Å². The fourth-order valence-corrected chi connectivity index (χ4v) is 5.70. The van der Waals surface area contributed by atoms with Gasteiger partial charge in [-0.3, -0.25) is 0 Å². The van der Waals surface area contributed by atoms with E-state index < -0.39 is 0 Å². The third-order valence-electron chi connectivity index (χ3n) is 7.63. The molecule has 0 amide bonds. The summed E-state index contributed by atoms with van der Waals surface area (Å²) in [5.74, 6) is 2.14. The minimum absolute atomic E-state index is 0. The molecular weight excluding hydrogens is 404 g/mol. The fourth-order valence-electron chi connectivity index (χ4n) is 5.70. The molecule has 1 saturated carbocycles. The molecule has 1 fully saturated rings. The van der Waals surface area contributed by atoms with Gasteiger partial charge in [0.2, 0.25) is 0 Å². The van der Waals surface area contributed by atoms with E-state index in [1.807, 2.05) is 0 Å². The molecule has 0 aromatic carbocycles. The van der Waals surface area contributed by atoms with E-state index in [1.165, 1.54) is 19.3 Å². The number of rotatable bonds is 2. The van der Waals surface area contributed by atoms with Crippen LogP contribution in [0, 0.1) is 49.9 Å². The van der Waals surface area contributed by atoms with Gasteiger partial charge in [-0.1, -0.05) is 79.9 Å². The number of allylic oxidation sites excluding steroid dienone is 10. The van der Waals surface area contributed by atoms with Gasteiger partial charge in [-0.25, -0.2) is 0 Å². The van der Waals surface area contributed by atoms with E-state index in [-0.39, 0.29) is 51.9 Å². The summed E-state index contributed by atoms with van der Waals surface area (Å²) in [6.07, 6.45) is 24.4. The van der Waals surface area contributed by atoms with Gasteiger partial charge in [0.05, 0.1) is 0 Å². The largest absolute Gasteiger partial charge is 3.00 e. The van der Waals surface area contributed by atoms with Crippen molar-refractivity contribution < 1.29 is 26.2 Å². The molecule has 27 heavy (non-hydrogen) atoms. The topological polar surface area (TPSA) is 0 Å². The summed E-state index contributed by atoms with van der Waals surface area (Å²) in [6, 6.07) is 0. The van der Waals surface area contributed by atoms with Crippen molar-refractivity contribution in [1.82, 2.24) is 0 Å². The minimum Gasteiger partial charge on any atom is -0.358 e. The number of hydrogen-bond donors (Lipinski definition) is 0. The SMILES string of the molecule is CC1=C(C)C(C)(C2=CCC(C)(C3C=CC=C3)C=C2)C2[CH-]CCC2C1.[CH3-].[CH3-].[Zr+3]. The Morgan fingerprint density at radius 3 is 2.33 bits per heavy atom. The van der Waals surface area contributed by atoms with Crippen molar-refractivity contribution in [3.8, 4) is 0 Å². The summed E-state index contributed by atoms with van der Waals surface area (Å²) in [4.78, 5) is 0. The Hall–Kier alpha value is -0.417. The first-order chi connectivity index (χ1) is 11.4. The van der Waals surface area contributed by atoms with Gasteiger partial charge in [0.1, 0.15) is 0 Å². The molecule has 1 heteroatoms. The Bertz CT molecular complexity index is 677. The van der Waals surface area contributed by atoms with E-state index in [4.69, 9.17) is 0 Å². The van der Waals surface area contributed by atoms with Crippen LogP contribution in [0.15, 0.2) is 59.3 Å². The van der Waals surface area contributed by atoms with Crippen molar-refractivity contribution in [3.05, 3.63) is 80.5 Å². The molecule has 0 bridgehead atoms. The number of fused-ring (bicyclic) bond motifs is 1. The molecule has 0 aromatic rings. The Morgan fingerprint density at radius 2 is 1.74 bits per heavy atom. The molecule has 0 nitrogen and oxygen atoms in total. The van der Waals surface area contributed by atoms with Gasteiger partial charge in [0.15, 0.2) is 0 Å². The molecule has 0 aliphatic heterocycles. The van der Waals surface area contributed by atoms with Crippen LogP contribution in [0.5, 0.6) is 0 Å². The predicted molar refractivity (Wildman–Crippen MR) is 116 cm³/mol. The van der Waals surface area contributed by atoms with Gasteiger partial charge >= 0.3 is 26.2 Å². The minimum atomic E-state index is 0. The quantitative estimate of drug-likeness (QED) is 0.308. The van der Waals surface area contributed by atoms with Crippen molar-refractivity contribution >= 4 is 0 Å². The molecule has 145 valence electrons. The second kappa shape index (κ2) is 8.94. The summed E-state index contributed by atoms with van der Waals surface area (Å²) in [6.45, 7) is 9.68. The third-order valence-corrected chi connectivity index (χ3v) is 7.63. The maximum absolute atomic E-state index is 2.63. The molecule has 4 unspecified atom stereocenters. The average Bonchev–Trinajstić information content (AvgIpc) is 3.25. The van der Waals surface area contributed by atoms with E-state index in [9.17, 15) is 0 Å².